The summed E-state index contributed by atoms with van der Waals surface area (Å²) in [6.45, 7) is 0. The molecule has 0 bridgehead atoms. The smallest absolute Gasteiger partial charge is 0.293 e. The topological polar surface area (TPSA) is 40.9 Å². The molecule has 1 aromatic carbocycles. The molecule has 0 fully saturated rings. The number of benzene rings is 1. The van der Waals surface area contributed by atoms with Gasteiger partial charge in [0.25, 0.3) is 0 Å². The monoisotopic (exact) mass is 309 g/mol. The molecule has 0 aliphatic rings. The average Bonchev–Trinajstić information content (AvgIpc) is 2.26. The van der Waals surface area contributed by atoms with Crippen molar-refractivity contribution in [3.05, 3.63) is 34.6 Å². The maximum atomic E-state index is 13.5. The lowest BCUT2D eigenvalue weighted by molar-refractivity contribution is -0.140. The summed E-state index contributed by atoms with van der Waals surface area (Å²) in [5.41, 5.74) is -2.77. The number of nitrogens with zero attached hydrogens (tertiary/aromatic N) is 1. The van der Waals surface area contributed by atoms with Crippen LogP contribution in [0.5, 0.6) is 0 Å². The summed E-state index contributed by atoms with van der Waals surface area (Å²) in [5.74, 6) is -2.51. The van der Waals surface area contributed by atoms with Gasteiger partial charge in [0.15, 0.2) is 5.78 Å². The normalized spacial score (nSPS) is 11.1. The molecular formula is C10H4BrF4NO. The van der Waals surface area contributed by atoms with Crippen molar-refractivity contribution in [1.29, 1.82) is 5.26 Å². The molecule has 1 rings (SSSR count). The summed E-state index contributed by atoms with van der Waals surface area (Å²) < 4.78 is 50.8. The highest BCUT2D eigenvalue weighted by Crippen LogP contribution is 2.33. The van der Waals surface area contributed by atoms with Crippen LogP contribution in [0.4, 0.5) is 17.6 Å². The number of ketones is 1. The van der Waals surface area contributed by atoms with Crippen LogP contribution in [-0.2, 0) is 6.18 Å². The summed E-state index contributed by atoms with van der Waals surface area (Å²) in [5, 5.41) is 8.21. The van der Waals surface area contributed by atoms with E-state index >= 15 is 0 Å². The molecule has 0 saturated heterocycles. The van der Waals surface area contributed by atoms with Crippen molar-refractivity contribution >= 4 is 21.7 Å². The van der Waals surface area contributed by atoms with Crippen LogP contribution in [0.1, 0.15) is 21.5 Å². The Morgan fingerprint density at radius 1 is 1.41 bits per heavy atom. The van der Waals surface area contributed by atoms with Gasteiger partial charge in [-0.15, -0.1) is 0 Å². The van der Waals surface area contributed by atoms with Gasteiger partial charge in [0.05, 0.1) is 28.1 Å². The lowest BCUT2D eigenvalue weighted by atomic mass is 10.0. The Morgan fingerprint density at radius 3 is 2.41 bits per heavy atom. The fourth-order valence-electron chi connectivity index (χ4n) is 1.17. The van der Waals surface area contributed by atoms with E-state index in [-0.39, 0.29) is 5.33 Å². The van der Waals surface area contributed by atoms with Gasteiger partial charge in [-0.1, -0.05) is 15.9 Å². The van der Waals surface area contributed by atoms with Crippen molar-refractivity contribution in [3.8, 4) is 6.07 Å². The summed E-state index contributed by atoms with van der Waals surface area (Å²) in [7, 11) is 0. The van der Waals surface area contributed by atoms with Gasteiger partial charge in [-0.3, -0.25) is 4.79 Å². The molecule has 90 valence electrons. The first-order valence-corrected chi connectivity index (χ1v) is 5.33. The van der Waals surface area contributed by atoms with E-state index in [0.29, 0.717) is 6.07 Å². The molecule has 1 aromatic rings. The van der Waals surface area contributed by atoms with Gasteiger partial charge in [-0.2, -0.15) is 18.4 Å². The maximum Gasteiger partial charge on any atom is 0.419 e. The van der Waals surface area contributed by atoms with Gasteiger partial charge >= 0.3 is 6.18 Å². The largest absolute Gasteiger partial charge is 0.419 e. The SMILES string of the molecule is N#Cc1cc(C(=O)CBr)c(F)c(C(F)(F)F)c1. The van der Waals surface area contributed by atoms with Gasteiger partial charge in [-0.25, -0.2) is 4.39 Å². The Morgan fingerprint density at radius 2 is 2.00 bits per heavy atom. The Balaban J connectivity index is 3.54. The predicted octanol–water partition coefficient (Wildman–Crippen LogP) is 3.29. The van der Waals surface area contributed by atoms with E-state index < -0.39 is 34.5 Å². The van der Waals surface area contributed by atoms with Crippen LogP contribution in [0.25, 0.3) is 0 Å². The molecular weight excluding hydrogens is 306 g/mol. The van der Waals surface area contributed by atoms with Crippen molar-refractivity contribution in [3.63, 3.8) is 0 Å². The molecule has 7 heteroatoms. The first kappa shape index (κ1) is 13.6. The van der Waals surface area contributed by atoms with Crippen LogP contribution in [0, 0.1) is 17.1 Å². The minimum Gasteiger partial charge on any atom is -0.293 e. The van der Waals surface area contributed by atoms with E-state index in [2.05, 4.69) is 15.9 Å². The zero-order valence-corrected chi connectivity index (χ0v) is 9.69. The number of alkyl halides is 4. The third-order valence-corrected chi connectivity index (χ3v) is 2.44. The van der Waals surface area contributed by atoms with Crippen LogP contribution in [0.15, 0.2) is 12.1 Å². The van der Waals surface area contributed by atoms with Crippen molar-refractivity contribution in [2.45, 2.75) is 6.18 Å². The highest BCUT2D eigenvalue weighted by atomic mass is 79.9. The molecule has 0 aliphatic heterocycles. The molecule has 0 amide bonds. The van der Waals surface area contributed by atoms with Crippen LogP contribution < -0.4 is 0 Å². The molecule has 0 unspecified atom stereocenters. The number of hydrogen-bond acceptors (Lipinski definition) is 2. The zero-order chi connectivity index (χ0) is 13.2. The van der Waals surface area contributed by atoms with E-state index in [1.165, 1.54) is 6.07 Å². The second-order valence-corrected chi connectivity index (χ2v) is 3.61. The molecule has 0 N–H and O–H groups in total. The highest BCUT2D eigenvalue weighted by molar-refractivity contribution is 9.09. The molecule has 2 nitrogen and oxygen atoms in total. The van der Waals surface area contributed by atoms with Crippen molar-refractivity contribution in [1.82, 2.24) is 0 Å². The minimum absolute atomic E-state index is 0.323. The van der Waals surface area contributed by atoms with Gasteiger partial charge in [0.1, 0.15) is 5.82 Å². The molecule has 0 radical (unpaired) electrons. The third kappa shape index (κ3) is 2.82. The molecule has 0 saturated carbocycles. The number of hydrogen-bond donors (Lipinski definition) is 0. The van der Waals surface area contributed by atoms with Crippen molar-refractivity contribution in [2.24, 2.45) is 0 Å². The van der Waals surface area contributed by atoms with Crippen LogP contribution in [0.3, 0.4) is 0 Å². The molecule has 0 atom stereocenters. The first-order valence-electron chi connectivity index (χ1n) is 4.21. The fraction of sp³-hybridized carbons (Fsp3) is 0.200. The number of carbonyl (C=O) groups excluding carboxylic acids is 1. The number of Topliss-reactive ketones (excluding diaryl/α,β-unsaturated/α-hetero) is 1. The molecule has 0 spiro atoms. The molecule has 0 aliphatic carbocycles. The second kappa shape index (κ2) is 4.84. The average molecular weight is 310 g/mol. The van der Waals surface area contributed by atoms with E-state index in [0.717, 1.165) is 6.07 Å². The molecule has 0 aromatic heterocycles. The Kier molecular flexibility index (Phi) is 3.88. The highest BCUT2D eigenvalue weighted by Gasteiger charge is 2.36. The second-order valence-electron chi connectivity index (χ2n) is 3.05. The minimum atomic E-state index is -4.95. The van der Waals surface area contributed by atoms with Crippen molar-refractivity contribution in [2.75, 3.05) is 5.33 Å². The van der Waals surface area contributed by atoms with Gasteiger partial charge in [0, 0.05) is 0 Å². The standard InChI is InChI=1S/C10H4BrF4NO/c11-3-8(17)6-1-5(4-16)2-7(9(6)12)10(13,14)15/h1-2H,3H2. The van der Waals surface area contributed by atoms with E-state index in [1.807, 2.05) is 0 Å². The third-order valence-electron chi connectivity index (χ3n) is 1.93. The van der Waals surface area contributed by atoms with E-state index in [9.17, 15) is 22.4 Å². The number of rotatable bonds is 2. The number of nitriles is 1. The maximum absolute atomic E-state index is 13.5. The lowest BCUT2D eigenvalue weighted by Crippen LogP contribution is -2.14. The zero-order valence-electron chi connectivity index (χ0n) is 8.11. The van der Waals surface area contributed by atoms with Crippen LogP contribution in [0.2, 0.25) is 0 Å². The summed E-state index contributed by atoms with van der Waals surface area (Å²) in [4.78, 5) is 11.2. The first-order chi connectivity index (χ1) is 7.81. The Hall–Kier alpha value is -1.42. The summed E-state index contributed by atoms with van der Waals surface area (Å²) in [6, 6.07) is 2.63. The summed E-state index contributed by atoms with van der Waals surface area (Å²) >= 11 is 2.73. The molecule has 17 heavy (non-hydrogen) atoms. The van der Waals surface area contributed by atoms with Gasteiger partial charge in [0.2, 0.25) is 0 Å². The predicted molar refractivity (Wildman–Crippen MR) is 54.2 cm³/mol. The van der Waals surface area contributed by atoms with Gasteiger partial charge in [-0.05, 0) is 12.1 Å². The number of halogens is 5. The fourth-order valence-corrected chi connectivity index (χ4v) is 1.47. The number of carbonyl (C=O) groups is 1. The van der Waals surface area contributed by atoms with E-state index in [1.54, 1.807) is 0 Å². The van der Waals surface area contributed by atoms with Crippen LogP contribution in [-0.4, -0.2) is 11.1 Å². The summed E-state index contributed by atoms with van der Waals surface area (Å²) in [6.07, 6.45) is -4.95. The Bertz CT molecular complexity index is 504. The Labute approximate surface area is 102 Å². The van der Waals surface area contributed by atoms with Crippen LogP contribution >= 0.6 is 15.9 Å². The lowest BCUT2D eigenvalue weighted by Gasteiger charge is -2.10. The quantitative estimate of drug-likeness (QED) is 0.478. The van der Waals surface area contributed by atoms with E-state index in [4.69, 9.17) is 5.26 Å². The van der Waals surface area contributed by atoms with Crippen molar-refractivity contribution < 1.29 is 22.4 Å². The molecule has 0 heterocycles. The van der Waals surface area contributed by atoms with Gasteiger partial charge < -0.3 is 0 Å².